The average molecular weight is 356 g/mol. The van der Waals surface area contributed by atoms with Crippen LogP contribution in [0.5, 0.6) is 11.5 Å². The first kappa shape index (κ1) is 18.0. The molecule has 0 radical (unpaired) electrons. The van der Waals surface area contributed by atoms with E-state index in [9.17, 15) is 9.59 Å². The number of nitrogens with one attached hydrogen (secondary N) is 1. The zero-order chi connectivity index (χ0) is 18.8. The van der Waals surface area contributed by atoms with Crippen molar-refractivity contribution in [3.63, 3.8) is 0 Å². The predicted molar refractivity (Wildman–Crippen MR) is 99.1 cm³/mol. The van der Waals surface area contributed by atoms with E-state index in [1.807, 2.05) is 13.0 Å². The number of hydrogen-bond donors (Lipinski definition) is 1. The summed E-state index contributed by atoms with van der Waals surface area (Å²) in [6.45, 7) is 1.85. The molecule has 1 aromatic heterocycles. The van der Waals surface area contributed by atoms with Crippen molar-refractivity contribution in [2.75, 3.05) is 14.2 Å². The van der Waals surface area contributed by atoms with E-state index in [-0.39, 0.29) is 17.5 Å². The molecule has 0 saturated carbocycles. The molecule has 3 rings (SSSR count). The fourth-order valence-corrected chi connectivity index (χ4v) is 3.57. The Morgan fingerprint density at radius 3 is 2.69 bits per heavy atom. The lowest BCUT2D eigenvalue weighted by Crippen LogP contribution is -2.34. The molecule has 0 saturated heterocycles. The molecule has 0 fully saturated rings. The first-order valence-electron chi connectivity index (χ1n) is 8.68. The van der Waals surface area contributed by atoms with Gasteiger partial charge in [0.25, 0.3) is 5.91 Å². The number of amides is 1. The van der Waals surface area contributed by atoms with Crippen LogP contribution in [0.15, 0.2) is 29.1 Å². The summed E-state index contributed by atoms with van der Waals surface area (Å²) in [7, 11) is 4.91. The first-order valence-corrected chi connectivity index (χ1v) is 8.68. The molecule has 1 amide bonds. The van der Waals surface area contributed by atoms with Crippen molar-refractivity contribution in [2.24, 2.45) is 7.05 Å². The van der Waals surface area contributed by atoms with Gasteiger partial charge in [-0.1, -0.05) is 0 Å². The molecule has 138 valence electrons. The Bertz CT molecular complexity index is 901. The third kappa shape index (κ3) is 3.19. The maximum atomic E-state index is 12.9. The summed E-state index contributed by atoms with van der Waals surface area (Å²) in [5, 5.41) is 3.12. The van der Waals surface area contributed by atoms with Gasteiger partial charge in [0, 0.05) is 36.0 Å². The number of benzene rings is 1. The lowest BCUT2D eigenvalue weighted by atomic mass is 9.90. The molecule has 0 aliphatic heterocycles. The number of hydrogen-bond acceptors (Lipinski definition) is 4. The van der Waals surface area contributed by atoms with Crippen molar-refractivity contribution in [3.05, 3.63) is 57.0 Å². The highest BCUT2D eigenvalue weighted by Crippen LogP contribution is 2.31. The van der Waals surface area contributed by atoms with Crippen molar-refractivity contribution < 1.29 is 14.3 Å². The summed E-state index contributed by atoms with van der Waals surface area (Å²) in [6.07, 6.45) is 2.62. The van der Waals surface area contributed by atoms with E-state index < -0.39 is 0 Å². The number of nitrogens with zero attached hydrogens (tertiary/aromatic N) is 1. The molecule has 0 bridgehead atoms. The number of ether oxygens (including phenoxy) is 2. The Morgan fingerprint density at radius 1 is 1.23 bits per heavy atom. The number of pyridine rings is 1. The maximum Gasteiger partial charge on any atom is 0.252 e. The molecule has 1 heterocycles. The standard InChI is InChI=1S/C20H24N2O4/c1-12-15(10-13(25-3)11-18(12)26-4)20(24)21-16-6-5-7-17-14(16)8-9-19(23)22(17)2/h8-11,16H,5-7H2,1-4H3,(H,21,24). The van der Waals surface area contributed by atoms with Crippen LogP contribution >= 0.6 is 0 Å². The minimum absolute atomic E-state index is 0.0240. The zero-order valence-electron chi connectivity index (χ0n) is 15.6. The van der Waals surface area contributed by atoms with E-state index >= 15 is 0 Å². The summed E-state index contributed by atoms with van der Waals surface area (Å²) in [4.78, 5) is 24.8. The van der Waals surface area contributed by atoms with Crippen LogP contribution in [-0.4, -0.2) is 24.7 Å². The molecule has 1 unspecified atom stereocenters. The van der Waals surface area contributed by atoms with Gasteiger partial charge in [0.1, 0.15) is 11.5 Å². The van der Waals surface area contributed by atoms with Gasteiger partial charge in [-0.05, 0) is 43.9 Å². The number of carbonyl (C=O) groups is 1. The van der Waals surface area contributed by atoms with Gasteiger partial charge in [0.05, 0.1) is 20.3 Å². The van der Waals surface area contributed by atoms with Crippen LogP contribution in [-0.2, 0) is 13.5 Å². The van der Waals surface area contributed by atoms with Gasteiger partial charge in [-0.15, -0.1) is 0 Å². The Balaban J connectivity index is 1.93. The molecular weight excluding hydrogens is 332 g/mol. The molecule has 2 aromatic rings. The third-order valence-electron chi connectivity index (χ3n) is 5.10. The Kier molecular flexibility index (Phi) is 5.02. The fraction of sp³-hybridized carbons (Fsp3) is 0.400. The minimum Gasteiger partial charge on any atom is -0.497 e. The summed E-state index contributed by atoms with van der Waals surface area (Å²) in [5.41, 5.74) is 3.28. The normalized spacial score (nSPS) is 15.9. The van der Waals surface area contributed by atoms with Crippen LogP contribution in [0.4, 0.5) is 0 Å². The van der Waals surface area contributed by atoms with Gasteiger partial charge < -0.3 is 19.4 Å². The number of carbonyl (C=O) groups excluding carboxylic acids is 1. The molecule has 6 heteroatoms. The van der Waals surface area contributed by atoms with Gasteiger partial charge in [-0.2, -0.15) is 0 Å². The van der Waals surface area contributed by atoms with Crippen molar-refractivity contribution >= 4 is 5.91 Å². The molecule has 1 N–H and O–H groups in total. The van der Waals surface area contributed by atoms with Crippen LogP contribution in [0.1, 0.15) is 46.1 Å². The second kappa shape index (κ2) is 7.23. The van der Waals surface area contributed by atoms with E-state index in [1.54, 1.807) is 44.0 Å². The zero-order valence-corrected chi connectivity index (χ0v) is 15.6. The summed E-state index contributed by atoms with van der Waals surface area (Å²) < 4.78 is 12.3. The Hall–Kier alpha value is -2.76. The molecule has 26 heavy (non-hydrogen) atoms. The van der Waals surface area contributed by atoms with Gasteiger partial charge in [0.2, 0.25) is 5.56 Å². The highest BCUT2D eigenvalue weighted by atomic mass is 16.5. The van der Waals surface area contributed by atoms with Crippen molar-refractivity contribution in [1.29, 1.82) is 0 Å². The third-order valence-corrected chi connectivity index (χ3v) is 5.10. The van der Waals surface area contributed by atoms with Crippen LogP contribution < -0.4 is 20.3 Å². The minimum atomic E-state index is -0.175. The highest BCUT2D eigenvalue weighted by molar-refractivity contribution is 5.97. The van der Waals surface area contributed by atoms with Gasteiger partial charge in [-0.25, -0.2) is 0 Å². The lowest BCUT2D eigenvalue weighted by Gasteiger charge is -2.28. The number of aromatic nitrogens is 1. The maximum absolute atomic E-state index is 12.9. The highest BCUT2D eigenvalue weighted by Gasteiger charge is 2.25. The van der Waals surface area contributed by atoms with E-state index in [0.717, 1.165) is 36.1 Å². The van der Waals surface area contributed by atoms with Gasteiger partial charge in [0.15, 0.2) is 0 Å². The molecular formula is C20H24N2O4. The monoisotopic (exact) mass is 356 g/mol. The number of fused-ring (bicyclic) bond motifs is 1. The topological polar surface area (TPSA) is 69.6 Å². The molecule has 1 aromatic carbocycles. The molecule has 6 nitrogen and oxygen atoms in total. The Labute approximate surface area is 152 Å². The summed E-state index contributed by atoms with van der Waals surface area (Å²) >= 11 is 0. The van der Waals surface area contributed by atoms with Crippen LogP contribution in [0.3, 0.4) is 0 Å². The average Bonchev–Trinajstić information content (AvgIpc) is 2.65. The lowest BCUT2D eigenvalue weighted by molar-refractivity contribution is 0.0931. The number of methoxy groups -OCH3 is 2. The van der Waals surface area contributed by atoms with E-state index in [4.69, 9.17) is 9.47 Å². The van der Waals surface area contributed by atoms with Crippen LogP contribution in [0.2, 0.25) is 0 Å². The van der Waals surface area contributed by atoms with Gasteiger partial charge >= 0.3 is 0 Å². The van der Waals surface area contributed by atoms with Gasteiger partial charge in [-0.3, -0.25) is 9.59 Å². The van der Waals surface area contributed by atoms with Crippen molar-refractivity contribution in [3.8, 4) is 11.5 Å². The molecule has 1 atom stereocenters. The molecule has 1 aliphatic rings. The predicted octanol–water partition coefficient (Wildman–Crippen LogP) is 2.52. The smallest absolute Gasteiger partial charge is 0.252 e. The van der Waals surface area contributed by atoms with E-state index in [0.29, 0.717) is 17.1 Å². The second-order valence-electron chi connectivity index (χ2n) is 6.55. The molecule has 0 spiro atoms. The molecule has 1 aliphatic carbocycles. The second-order valence-corrected chi connectivity index (χ2v) is 6.55. The van der Waals surface area contributed by atoms with Crippen LogP contribution in [0, 0.1) is 6.92 Å². The summed E-state index contributed by atoms with van der Waals surface area (Å²) in [5.74, 6) is 1.01. The first-order chi connectivity index (χ1) is 12.5. The van der Waals surface area contributed by atoms with E-state index in [2.05, 4.69) is 5.32 Å². The van der Waals surface area contributed by atoms with Crippen molar-refractivity contribution in [2.45, 2.75) is 32.2 Å². The SMILES string of the molecule is COc1cc(OC)c(C)c(C(=O)NC2CCCc3c2ccc(=O)n3C)c1. The Morgan fingerprint density at radius 2 is 2.00 bits per heavy atom. The quantitative estimate of drug-likeness (QED) is 0.914. The van der Waals surface area contributed by atoms with E-state index in [1.165, 1.54) is 0 Å². The number of rotatable bonds is 4. The van der Waals surface area contributed by atoms with Crippen molar-refractivity contribution in [1.82, 2.24) is 9.88 Å². The summed E-state index contributed by atoms with van der Waals surface area (Å²) in [6, 6.07) is 6.76. The largest absolute Gasteiger partial charge is 0.497 e. The van der Waals surface area contributed by atoms with Crippen LogP contribution in [0.25, 0.3) is 0 Å². The fourth-order valence-electron chi connectivity index (χ4n) is 3.57.